The monoisotopic (exact) mass is 477 g/mol. The average molecular weight is 478 g/mol. The van der Waals surface area contributed by atoms with Crippen LogP contribution in [0.3, 0.4) is 0 Å². The van der Waals surface area contributed by atoms with Crippen LogP contribution in [0.1, 0.15) is 44.8 Å². The Labute approximate surface area is 202 Å². The summed E-state index contributed by atoms with van der Waals surface area (Å²) in [5, 5.41) is 11.2. The molecule has 4 aromatic rings. The molecule has 8 nitrogen and oxygen atoms in total. The van der Waals surface area contributed by atoms with Crippen LogP contribution in [0, 0.1) is 12.7 Å². The Balaban J connectivity index is 1.80. The van der Waals surface area contributed by atoms with Crippen molar-refractivity contribution in [2.24, 2.45) is 0 Å². The quantitative estimate of drug-likeness (QED) is 0.402. The van der Waals surface area contributed by atoms with Crippen LogP contribution in [-0.2, 0) is 16.1 Å². The highest BCUT2D eigenvalue weighted by Gasteiger charge is 2.37. The zero-order chi connectivity index (χ0) is 25.2. The minimum atomic E-state index is -1.17. The molecule has 9 heteroatoms. The zero-order valence-electron chi connectivity index (χ0n) is 20.2. The van der Waals surface area contributed by atoms with Gasteiger partial charge in [0, 0.05) is 11.2 Å². The van der Waals surface area contributed by atoms with Crippen LogP contribution in [0.5, 0.6) is 0 Å². The van der Waals surface area contributed by atoms with Crippen molar-refractivity contribution < 1.29 is 18.4 Å². The molecule has 0 aliphatic heterocycles. The summed E-state index contributed by atoms with van der Waals surface area (Å²) in [4.78, 5) is 28.7. The lowest BCUT2D eigenvalue weighted by molar-refractivity contribution is -0.128. The summed E-state index contributed by atoms with van der Waals surface area (Å²) in [5.41, 5.74) is 0.999. The van der Waals surface area contributed by atoms with Crippen molar-refractivity contribution >= 4 is 28.5 Å². The van der Waals surface area contributed by atoms with E-state index in [-0.39, 0.29) is 18.0 Å². The van der Waals surface area contributed by atoms with Gasteiger partial charge in [0.25, 0.3) is 5.91 Å². The molecule has 35 heavy (non-hydrogen) atoms. The topological polar surface area (TPSA) is 93.3 Å². The molecule has 2 heterocycles. The van der Waals surface area contributed by atoms with E-state index >= 15 is 0 Å². The number of nitrogens with zero attached hydrogens (tertiary/aromatic N) is 4. The van der Waals surface area contributed by atoms with E-state index in [4.69, 9.17) is 4.42 Å². The SMILES string of the molecule is CCC(C)(C)NC(=O)C(c1ccc(C)o1)N(C(=O)Cn1nnc2ccccc21)c1cccc(F)c1. The normalized spacial score (nSPS) is 12.5. The van der Waals surface area contributed by atoms with Crippen LogP contribution in [0.15, 0.2) is 65.1 Å². The van der Waals surface area contributed by atoms with Crippen molar-refractivity contribution in [3.63, 3.8) is 0 Å². The highest BCUT2D eigenvalue weighted by Crippen LogP contribution is 2.31. The number of hydrogen-bond donors (Lipinski definition) is 1. The Kier molecular flexibility index (Phi) is 6.68. The number of benzene rings is 2. The van der Waals surface area contributed by atoms with Crippen molar-refractivity contribution in [1.82, 2.24) is 20.3 Å². The number of amides is 2. The smallest absolute Gasteiger partial charge is 0.251 e. The molecule has 2 aromatic carbocycles. The first-order chi connectivity index (χ1) is 16.7. The lowest BCUT2D eigenvalue weighted by Crippen LogP contribution is -2.51. The molecule has 0 spiro atoms. The van der Waals surface area contributed by atoms with Crippen LogP contribution < -0.4 is 10.2 Å². The fraction of sp³-hybridized carbons (Fsp3) is 0.308. The number of aryl methyl sites for hydroxylation is 1. The van der Waals surface area contributed by atoms with Gasteiger partial charge in [0.05, 0.1) is 5.52 Å². The van der Waals surface area contributed by atoms with E-state index in [2.05, 4.69) is 15.6 Å². The Bertz CT molecular complexity index is 1360. The maximum atomic E-state index is 14.3. The summed E-state index contributed by atoms with van der Waals surface area (Å²) >= 11 is 0. The van der Waals surface area contributed by atoms with Gasteiger partial charge >= 0.3 is 0 Å². The van der Waals surface area contributed by atoms with Crippen LogP contribution in [0.4, 0.5) is 10.1 Å². The predicted octanol–water partition coefficient (Wildman–Crippen LogP) is 4.55. The van der Waals surface area contributed by atoms with Gasteiger partial charge in [0.15, 0.2) is 6.04 Å². The van der Waals surface area contributed by atoms with Gasteiger partial charge in [-0.1, -0.05) is 30.3 Å². The van der Waals surface area contributed by atoms with Crippen molar-refractivity contribution in [1.29, 1.82) is 0 Å². The van der Waals surface area contributed by atoms with Crippen molar-refractivity contribution in [2.45, 2.75) is 52.2 Å². The molecule has 0 aliphatic rings. The van der Waals surface area contributed by atoms with E-state index in [9.17, 15) is 14.0 Å². The van der Waals surface area contributed by atoms with Gasteiger partial charge in [0.1, 0.15) is 29.4 Å². The van der Waals surface area contributed by atoms with E-state index < -0.39 is 29.2 Å². The molecule has 1 atom stereocenters. The van der Waals surface area contributed by atoms with E-state index in [0.717, 1.165) is 0 Å². The number of hydrogen-bond acceptors (Lipinski definition) is 5. The summed E-state index contributed by atoms with van der Waals surface area (Å²) in [6.45, 7) is 7.29. The molecule has 1 unspecified atom stereocenters. The average Bonchev–Trinajstić information content (AvgIpc) is 3.43. The molecule has 2 amide bonds. The molecular weight excluding hydrogens is 449 g/mol. The predicted molar refractivity (Wildman–Crippen MR) is 130 cm³/mol. The molecular formula is C26H28FN5O3. The van der Waals surface area contributed by atoms with E-state index in [1.165, 1.54) is 27.8 Å². The number of aromatic nitrogens is 3. The largest absolute Gasteiger partial charge is 0.464 e. The Morgan fingerprint density at radius 3 is 2.60 bits per heavy atom. The minimum absolute atomic E-state index is 0.211. The number of carbonyl (C=O) groups is 2. The zero-order valence-corrected chi connectivity index (χ0v) is 20.2. The maximum absolute atomic E-state index is 14.3. The number of fused-ring (bicyclic) bond motifs is 1. The van der Waals surface area contributed by atoms with Gasteiger partial charge in [-0.3, -0.25) is 14.5 Å². The number of nitrogens with one attached hydrogen (secondary N) is 1. The highest BCUT2D eigenvalue weighted by atomic mass is 19.1. The number of furan rings is 1. The second-order valence-electron chi connectivity index (χ2n) is 9.06. The second-order valence-corrected chi connectivity index (χ2v) is 9.06. The van der Waals surface area contributed by atoms with Crippen molar-refractivity contribution in [3.05, 3.63) is 78.0 Å². The number of halogens is 1. The maximum Gasteiger partial charge on any atom is 0.251 e. The number of para-hydroxylation sites is 1. The van der Waals surface area contributed by atoms with E-state index in [1.54, 1.807) is 37.3 Å². The van der Waals surface area contributed by atoms with Crippen LogP contribution in [-0.4, -0.2) is 32.3 Å². The standard InChI is InChI=1S/C26H28FN5O3/c1-5-26(3,4)28-25(34)24(22-14-13-17(2)35-22)32(19-10-8-9-18(27)15-19)23(33)16-31-21-12-7-6-11-20(21)29-30-31/h6-15,24H,5,16H2,1-4H3,(H,28,34). The Morgan fingerprint density at radius 2 is 1.91 bits per heavy atom. The molecule has 2 aromatic heterocycles. The van der Waals surface area contributed by atoms with Crippen LogP contribution >= 0.6 is 0 Å². The van der Waals surface area contributed by atoms with Crippen LogP contribution in [0.2, 0.25) is 0 Å². The molecule has 1 N–H and O–H groups in total. The van der Waals surface area contributed by atoms with Gasteiger partial charge < -0.3 is 9.73 Å². The summed E-state index contributed by atoms with van der Waals surface area (Å²) in [6, 6.07) is 15.0. The van der Waals surface area contributed by atoms with Gasteiger partial charge in [0.2, 0.25) is 5.91 Å². The number of rotatable bonds is 8. The third kappa shape index (κ3) is 5.24. The first-order valence-corrected chi connectivity index (χ1v) is 11.4. The third-order valence-corrected chi connectivity index (χ3v) is 5.94. The van der Waals surface area contributed by atoms with Crippen molar-refractivity contribution in [2.75, 3.05) is 4.90 Å². The molecule has 0 saturated carbocycles. The molecule has 182 valence electrons. The first kappa shape index (κ1) is 24.1. The van der Waals surface area contributed by atoms with E-state index in [1.807, 2.05) is 32.9 Å². The fourth-order valence-corrected chi connectivity index (χ4v) is 3.77. The highest BCUT2D eigenvalue weighted by molar-refractivity contribution is 6.01. The molecule has 0 radical (unpaired) electrons. The second kappa shape index (κ2) is 9.69. The van der Waals surface area contributed by atoms with Gasteiger partial charge in [-0.25, -0.2) is 9.07 Å². The molecule has 0 saturated heterocycles. The summed E-state index contributed by atoms with van der Waals surface area (Å²) in [7, 11) is 0. The van der Waals surface area contributed by atoms with E-state index in [0.29, 0.717) is 23.2 Å². The van der Waals surface area contributed by atoms with Gasteiger partial charge in [-0.2, -0.15) is 0 Å². The molecule has 0 bridgehead atoms. The fourth-order valence-electron chi connectivity index (χ4n) is 3.77. The summed E-state index contributed by atoms with van der Waals surface area (Å²) in [6.07, 6.45) is 0.668. The molecule has 0 aliphatic carbocycles. The summed E-state index contributed by atoms with van der Waals surface area (Å²) < 4.78 is 21.6. The van der Waals surface area contributed by atoms with Gasteiger partial charge in [-0.15, -0.1) is 5.10 Å². The molecule has 4 rings (SSSR count). The minimum Gasteiger partial charge on any atom is -0.464 e. The number of carbonyl (C=O) groups excluding carboxylic acids is 2. The van der Waals surface area contributed by atoms with Crippen LogP contribution in [0.25, 0.3) is 11.0 Å². The van der Waals surface area contributed by atoms with Crippen molar-refractivity contribution in [3.8, 4) is 0 Å². The lowest BCUT2D eigenvalue weighted by Gasteiger charge is -2.33. The summed E-state index contributed by atoms with van der Waals surface area (Å²) in [5.74, 6) is -0.591. The lowest BCUT2D eigenvalue weighted by atomic mass is 10.0. The molecule has 0 fully saturated rings. The third-order valence-electron chi connectivity index (χ3n) is 5.94. The Morgan fingerprint density at radius 1 is 1.14 bits per heavy atom. The van der Waals surface area contributed by atoms with Gasteiger partial charge in [-0.05, 0) is 69.7 Å². The number of anilines is 1. The first-order valence-electron chi connectivity index (χ1n) is 11.4. The Hall–Kier alpha value is -4.01.